The summed E-state index contributed by atoms with van der Waals surface area (Å²) in [5.41, 5.74) is 4.66. The smallest absolute Gasteiger partial charge is 0.0670 e. The molecular weight excluding hydrogens is 253 g/mol. The maximum absolute atomic E-state index is 6.23. The number of anilines is 1. The minimum atomic E-state index is 0.595. The number of fused-ring (bicyclic) bond motifs is 1. The Morgan fingerprint density at radius 2 is 1.94 bits per heavy atom. The molecule has 1 aliphatic rings. The summed E-state index contributed by atoms with van der Waals surface area (Å²) in [4.78, 5) is 0. The average molecular weight is 264 g/mol. The molecule has 1 heterocycles. The maximum atomic E-state index is 6.23. The fraction of sp³-hybridized carbons (Fsp3) is 0.143. The Balaban J connectivity index is 2.13. The lowest BCUT2D eigenvalue weighted by atomic mass is 10.0. The van der Waals surface area contributed by atoms with E-state index in [4.69, 9.17) is 23.2 Å². The molecule has 0 aromatic heterocycles. The third-order valence-electron chi connectivity index (χ3n) is 3.08. The highest BCUT2D eigenvalue weighted by molar-refractivity contribution is 6.43. The third-order valence-corrected chi connectivity index (χ3v) is 3.90. The molecule has 2 aromatic carbocycles. The van der Waals surface area contributed by atoms with Crippen LogP contribution in [0, 0.1) is 0 Å². The van der Waals surface area contributed by atoms with Crippen molar-refractivity contribution in [2.75, 3.05) is 11.9 Å². The van der Waals surface area contributed by atoms with Crippen LogP contribution in [0.4, 0.5) is 5.69 Å². The molecule has 0 fully saturated rings. The highest BCUT2D eigenvalue weighted by Crippen LogP contribution is 2.36. The predicted octanol–water partition coefficient (Wildman–Crippen LogP) is 4.63. The number of halogens is 2. The van der Waals surface area contributed by atoms with Crippen LogP contribution >= 0.6 is 23.2 Å². The van der Waals surface area contributed by atoms with Gasteiger partial charge in [-0.25, -0.2) is 0 Å². The van der Waals surface area contributed by atoms with E-state index in [1.54, 1.807) is 6.07 Å². The van der Waals surface area contributed by atoms with Gasteiger partial charge in [0.15, 0.2) is 0 Å². The first-order chi connectivity index (χ1) is 8.25. The van der Waals surface area contributed by atoms with Crippen molar-refractivity contribution in [2.45, 2.75) is 6.42 Å². The number of benzene rings is 2. The third kappa shape index (κ3) is 1.90. The van der Waals surface area contributed by atoms with Crippen molar-refractivity contribution in [3.8, 4) is 11.1 Å². The highest BCUT2D eigenvalue weighted by Gasteiger charge is 2.12. The van der Waals surface area contributed by atoms with Crippen molar-refractivity contribution in [1.29, 1.82) is 0 Å². The summed E-state index contributed by atoms with van der Waals surface area (Å²) in [5, 5.41) is 4.58. The van der Waals surface area contributed by atoms with Crippen LogP contribution in [-0.4, -0.2) is 6.54 Å². The number of hydrogen-bond donors (Lipinski definition) is 1. The molecule has 3 rings (SSSR count). The van der Waals surface area contributed by atoms with Gasteiger partial charge in [0.25, 0.3) is 0 Å². The van der Waals surface area contributed by atoms with Gasteiger partial charge in [-0.3, -0.25) is 0 Å². The molecule has 0 bridgehead atoms. The van der Waals surface area contributed by atoms with E-state index in [9.17, 15) is 0 Å². The van der Waals surface area contributed by atoms with Gasteiger partial charge in [-0.05, 0) is 29.7 Å². The molecule has 1 nitrogen and oxygen atoms in total. The van der Waals surface area contributed by atoms with Gasteiger partial charge in [0.2, 0.25) is 0 Å². The second-order valence-electron chi connectivity index (χ2n) is 4.15. The summed E-state index contributed by atoms with van der Waals surface area (Å²) in [7, 11) is 0. The highest BCUT2D eigenvalue weighted by atomic mass is 35.5. The summed E-state index contributed by atoms with van der Waals surface area (Å²) >= 11 is 12.3. The SMILES string of the molecule is Clc1cccc(-c2ccc3c(c2)NCC3)c1Cl. The van der Waals surface area contributed by atoms with E-state index in [-0.39, 0.29) is 0 Å². The van der Waals surface area contributed by atoms with Gasteiger partial charge < -0.3 is 5.32 Å². The Labute approximate surface area is 110 Å². The second kappa shape index (κ2) is 4.25. The average Bonchev–Trinajstić information content (AvgIpc) is 2.79. The number of nitrogens with one attached hydrogen (secondary N) is 1. The first-order valence-electron chi connectivity index (χ1n) is 5.57. The summed E-state index contributed by atoms with van der Waals surface area (Å²) in [6.45, 7) is 1.02. The molecule has 17 heavy (non-hydrogen) atoms. The second-order valence-corrected chi connectivity index (χ2v) is 4.94. The lowest BCUT2D eigenvalue weighted by Crippen LogP contribution is -1.91. The first kappa shape index (κ1) is 10.9. The van der Waals surface area contributed by atoms with E-state index in [0.29, 0.717) is 10.0 Å². The molecule has 0 saturated heterocycles. The van der Waals surface area contributed by atoms with Crippen LogP contribution in [0.15, 0.2) is 36.4 Å². The van der Waals surface area contributed by atoms with Crippen molar-refractivity contribution in [2.24, 2.45) is 0 Å². The standard InChI is InChI=1S/C14H11Cl2N/c15-12-3-1-2-11(14(12)16)10-5-4-9-6-7-17-13(9)8-10/h1-5,8,17H,6-7H2. The monoisotopic (exact) mass is 263 g/mol. The molecule has 0 unspecified atom stereocenters. The fourth-order valence-electron chi connectivity index (χ4n) is 2.19. The Kier molecular flexibility index (Phi) is 2.73. The molecule has 0 radical (unpaired) electrons. The van der Waals surface area contributed by atoms with Crippen LogP contribution in [-0.2, 0) is 6.42 Å². The molecule has 3 heteroatoms. The van der Waals surface area contributed by atoms with Gasteiger partial charge in [0, 0.05) is 17.8 Å². The quantitative estimate of drug-likeness (QED) is 0.791. The molecule has 2 aromatic rings. The Morgan fingerprint density at radius 3 is 2.82 bits per heavy atom. The van der Waals surface area contributed by atoms with Gasteiger partial charge in [-0.2, -0.15) is 0 Å². The Hall–Kier alpha value is -1.18. The lowest BCUT2D eigenvalue weighted by Gasteiger charge is -2.08. The minimum absolute atomic E-state index is 0.595. The zero-order chi connectivity index (χ0) is 11.8. The number of hydrogen-bond acceptors (Lipinski definition) is 1. The van der Waals surface area contributed by atoms with Crippen molar-refractivity contribution in [1.82, 2.24) is 0 Å². The van der Waals surface area contributed by atoms with Crippen molar-refractivity contribution in [3.05, 3.63) is 52.0 Å². The Morgan fingerprint density at radius 1 is 1.06 bits per heavy atom. The van der Waals surface area contributed by atoms with Crippen molar-refractivity contribution < 1.29 is 0 Å². The van der Waals surface area contributed by atoms with E-state index in [1.165, 1.54) is 11.3 Å². The van der Waals surface area contributed by atoms with E-state index < -0.39 is 0 Å². The van der Waals surface area contributed by atoms with Crippen molar-refractivity contribution >= 4 is 28.9 Å². The molecule has 0 spiro atoms. The topological polar surface area (TPSA) is 12.0 Å². The minimum Gasteiger partial charge on any atom is -0.384 e. The predicted molar refractivity (Wildman–Crippen MR) is 74.1 cm³/mol. The van der Waals surface area contributed by atoms with Crippen LogP contribution < -0.4 is 5.32 Å². The van der Waals surface area contributed by atoms with Gasteiger partial charge in [-0.15, -0.1) is 0 Å². The zero-order valence-corrected chi connectivity index (χ0v) is 10.6. The van der Waals surface area contributed by atoms with E-state index in [0.717, 1.165) is 24.1 Å². The Bertz CT molecular complexity index is 578. The summed E-state index contributed by atoms with van der Waals surface area (Å²) in [6, 6.07) is 12.1. The molecule has 0 aliphatic carbocycles. The van der Waals surface area contributed by atoms with Gasteiger partial charge >= 0.3 is 0 Å². The summed E-state index contributed by atoms with van der Waals surface area (Å²) in [6.07, 6.45) is 1.10. The molecule has 1 aliphatic heterocycles. The first-order valence-corrected chi connectivity index (χ1v) is 6.32. The van der Waals surface area contributed by atoms with Crippen molar-refractivity contribution in [3.63, 3.8) is 0 Å². The normalized spacial score (nSPS) is 13.3. The maximum Gasteiger partial charge on any atom is 0.0670 e. The van der Waals surface area contributed by atoms with Crippen LogP contribution in [0.3, 0.4) is 0 Å². The van der Waals surface area contributed by atoms with Crippen LogP contribution in [0.1, 0.15) is 5.56 Å². The van der Waals surface area contributed by atoms with Crippen LogP contribution in [0.5, 0.6) is 0 Å². The summed E-state index contributed by atoms with van der Waals surface area (Å²) < 4.78 is 0. The molecule has 1 N–H and O–H groups in total. The summed E-state index contributed by atoms with van der Waals surface area (Å²) in [5.74, 6) is 0. The van der Waals surface area contributed by atoms with Crippen LogP contribution in [0.2, 0.25) is 10.0 Å². The van der Waals surface area contributed by atoms with Gasteiger partial charge in [0.05, 0.1) is 10.0 Å². The lowest BCUT2D eigenvalue weighted by molar-refractivity contribution is 1.11. The fourth-order valence-corrected chi connectivity index (χ4v) is 2.59. The van der Waals surface area contributed by atoms with Gasteiger partial charge in [0.1, 0.15) is 0 Å². The molecule has 0 amide bonds. The van der Waals surface area contributed by atoms with Crippen LogP contribution in [0.25, 0.3) is 11.1 Å². The van der Waals surface area contributed by atoms with E-state index in [2.05, 4.69) is 23.5 Å². The number of rotatable bonds is 1. The van der Waals surface area contributed by atoms with E-state index in [1.807, 2.05) is 12.1 Å². The van der Waals surface area contributed by atoms with E-state index >= 15 is 0 Å². The zero-order valence-electron chi connectivity index (χ0n) is 9.13. The largest absolute Gasteiger partial charge is 0.384 e. The molecule has 0 atom stereocenters. The molecule has 86 valence electrons. The van der Waals surface area contributed by atoms with Gasteiger partial charge in [-0.1, -0.05) is 47.5 Å². The molecule has 0 saturated carbocycles. The molecular formula is C14H11Cl2N.